The second-order valence-electron chi connectivity index (χ2n) is 11.5. The molecule has 1 aliphatic heterocycles. The molecule has 0 bridgehead atoms. The molecule has 1 N–H and O–H groups in total. The smallest absolute Gasteiger partial charge is 0.416 e. The number of carbonyl (C=O) groups excluding carboxylic acids is 2. The molecule has 0 radical (unpaired) electrons. The molecule has 0 unspecified atom stereocenters. The quantitative estimate of drug-likeness (QED) is 0.618. The Kier molecular flexibility index (Phi) is 8.29. The fraction of sp³-hybridized carbons (Fsp3) is 0.536. The molecule has 1 aliphatic rings. The second-order valence-corrected chi connectivity index (χ2v) is 11.5. The summed E-state index contributed by atoms with van der Waals surface area (Å²) in [7, 11) is 0. The van der Waals surface area contributed by atoms with Gasteiger partial charge >= 0.3 is 12.2 Å². The Morgan fingerprint density at radius 3 is 2.28 bits per heavy atom. The van der Waals surface area contributed by atoms with E-state index in [9.17, 15) is 14.7 Å². The molecule has 1 fully saturated rings. The Hall–Kier alpha value is -3.13. The van der Waals surface area contributed by atoms with Crippen molar-refractivity contribution in [1.82, 2.24) is 9.88 Å². The number of β-amino-alcohol motifs (C(OH)–C–C–N with tert-alkyl or cyclic N) is 1. The predicted octanol–water partition coefficient (Wildman–Crippen LogP) is 5.10. The van der Waals surface area contributed by atoms with Gasteiger partial charge in [0.15, 0.2) is 0 Å². The number of aliphatic hydroxyl groups is 1. The molecule has 2 atom stereocenters. The van der Waals surface area contributed by atoms with Crippen LogP contribution in [-0.4, -0.2) is 57.6 Å². The third kappa shape index (κ3) is 7.95. The molecule has 2 amide bonds. The molecule has 0 aliphatic carbocycles. The zero-order valence-corrected chi connectivity index (χ0v) is 22.4. The number of hydrogen-bond donors (Lipinski definition) is 1. The summed E-state index contributed by atoms with van der Waals surface area (Å²) < 4.78 is 11.1. The highest BCUT2D eigenvalue weighted by Gasteiger charge is 2.36. The number of aromatic nitrogens is 1. The average molecular weight is 498 g/mol. The molecule has 1 aromatic carbocycles. The molecule has 2 aromatic rings. The fourth-order valence-electron chi connectivity index (χ4n) is 4.08. The molecule has 196 valence electrons. The van der Waals surface area contributed by atoms with Crippen molar-refractivity contribution in [3.05, 3.63) is 59.3 Å². The molecule has 0 spiro atoms. The average Bonchev–Trinajstić information content (AvgIpc) is 3.10. The number of hydrogen-bond acceptors (Lipinski definition) is 6. The molecule has 1 saturated heterocycles. The van der Waals surface area contributed by atoms with E-state index in [4.69, 9.17) is 14.5 Å². The van der Waals surface area contributed by atoms with Crippen molar-refractivity contribution < 1.29 is 24.2 Å². The van der Waals surface area contributed by atoms with Crippen LogP contribution in [0.3, 0.4) is 0 Å². The zero-order chi connectivity index (χ0) is 26.7. The Morgan fingerprint density at radius 1 is 1.03 bits per heavy atom. The number of likely N-dealkylation sites (tertiary alicyclic amines) is 1. The van der Waals surface area contributed by atoms with Gasteiger partial charge in [0.25, 0.3) is 0 Å². The molecule has 36 heavy (non-hydrogen) atoms. The molecular formula is C28H39N3O5. The maximum absolute atomic E-state index is 13.2. The van der Waals surface area contributed by atoms with E-state index in [1.54, 1.807) is 4.90 Å². The van der Waals surface area contributed by atoms with Gasteiger partial charge in [0.1, 0.15) is 17.0 Å². The number of pyridine rings is 1. The van der Waals surface area contributed by atoms with Gasteiger partial charge in [-0.05, 0) is 78.1 Å². The highest BCUT2D eigenvalue weighted by Crippen LogP contribution is 2.26. The minimum atomic E-state index is -0.686. The van der Waals surface area contributed by atoms with Crippen LogP contribution in [0.5, 0.6) is 0 Å². The highest BCUT2D eigenvalue weighted by molar-refractivity contribution is 5.86. The number of aryl methyl sites for hydroxylation is 1. The van der Waals surface area contributed by atoms with Crippen molar-refractivity contribution in [2.24, 2.45) is 5.92 Å². The van der Waals surface area contributed by atoms with Gasteiger partial charge in [0.05, 0.1) is 19.2 Å². The van der Waals surface area contributed by atoms with Crippen molar-refractivity contribution in [3.63, 3.8) is 0 Å². The second kappa shape index (κ2) is 10.9. The van der Waals surface area contributed by atoms with Crippen molar-refractivity contribution in [3.8, 4) is 0 Å². The third-order valence-corrected chi connectivity index (χ3v) is 5.61. The first-order valence-corrected chi connectivity index (χ1v) is 12.4. The topological polar surface area (TPSA) is 92.2 Å². The lowest BCUT2D eigenvalue weighted by atomic mass is 9.99. The summed E-state index contributed by atoms with van der Waals surface area (Å²) >= 11 is 0. The van der Waals surface area contributed by atoms with Crippen molar-refractivity contribution in [2.75, 3.05) is 18.0 Å². The van der Waals surface area contributed by atoms with Gasteiger partial charge in [0.2, 0.25) is 0 Å². The van der Waals surface area contributed by atoms with Crippen molar-refractivity contribution in [1.29, 1.82) is 0 Å². The van der Waals surface area contributed by atoms with Crippen LogP contribution >= 0.6 is 0 Å². The highest BCUT2D eigenvalue weighted by atomic mass is 16.6. The number of rotatable bonds is 5. The standard InChI is InChI=1S/C28H39N3O5/c1-19-13-22(15-21-17-30(18-23(21)32)25(33)35-27(2,3)4)29-24(14-19)31(26(34)36-28(5,6)7)16-20-11-9-8-10-12-20/h8-14,21,23,32H,15-18H2,1-7H3/t21-,23+/m0/s1. The monoisotopic (exact) mass is 497 g/mol. The molecule has 2 heterocycles. The summed E-state index contributed by atoms with van der Waals surface area (Å²) in [4.78, 5) is 33.5. The van der Waals surface area contributed by atoms with Gasteiger partial charge in [-0.1, -0.05) is 30.3 Å². The zero-order valence-electron chi connectivity index (χ0n) is 22.4. The van der Waals surface area contributed by atoms with Crippen molar-refractivity contribution >= 4 is 18.0 Å². The van der Waals surface area contributed by atoms with E-state index in [1.807, 2.05) is 90.9 Å². The normalized spacial score (nSPS) is 18.2. The number of carbonyl (C=O) groups is 2. The fourth-order valence-corrected chi connectivity index (χ4v) is 4.08. The molecule has 3 rings (SSSR count). The van der Waals surface area contributed by atoms with Gasteiger partial charge in [-0.2, -0.15) is 0 Å². The number of benzene rings is 1. The van der Waals surface area contributed by atoms with E-state index in [2.05, 4.69) is 0 Å². The minimum Gasteiger partial charge on any atom is -0.444 e. The predicted molar refractivity (Wildman–Crippen MR) is 139 cm³/mol. The summed E-state index contributed by atoms with van der Waals surface area (Å²) in [6, 6.07) is 13.5. The van der Waals surface area contributed by atoms with Crippen LogP contribution in [-0.2, 0) is 22.4 Å². The van der Waals surface area contributed by atoms with Crippen LogP contribution < -0.4 is 4.90 Å². The SMILES string of the molecule is Cc1cc(C[C@H]2CN(C(=O)OC(C)(C)C)C[C@H]2O)nc(N(Cc2ccccc2)C(=O)OC(C)(C)C)c1. The number of nitrogens with zero attached hydrogens (tertiary/aromatic N) is 3. The summed E-state index contributed by atoms with van der Waals surface area (Å²) in [6.07, 6.45) is -1.13. The third-order valence-electron chi connectivity index (χ3n) is 5.61. The van der Waals surface area contributed by atoms with Gasteiger partial charge in [-0.25, -0.2) is 14.6 Å². The summed E-state index contributed by atoms with van der Waals surface area (Å²) in [5.74, 6) is 0.295. The van der Waals surface area contributed by atoms with E-state index >= 15 is 0 Å². The van der Waals surface area contributed by atoms with Crippen LogP contribution in [0.4, 0.5) is 15.4 Å². The molecule has 8 nitrogen and oxygen atoms in total. The number of ether oxygens (including phenoxy) is 2. The summed E-state index contributed by atoms with van der Waals surface area (Å²) in [5, 5.41) is 10.7. The maximum Gasteiger partial charge on any atom is 0.416 e. The van der Waals surface area contributed by atoms with Gasteiger partial charge in [0, 0.05) is 18.2 Å². The maximum atomic E-state index is 13.2. The Morgan fingerprint density at radius 2 is 1.67 bits per heavy atom. The first kappa shape index (κ1) is 27.5. The Bertz CT molecular complexity index is 1060. The lowest BCUT2D eigenvalue weighted by Gasteiger charge is -2.27. The van der Waals surface area contributed by atoms with Crippen LogP contribution in [0, 0.1) is 12.8 Å². The lowest BCUT2D eigenvalue weighted by molar-refractivity contribution is 0.0269. The van der Waals surface area contributed by atoms with Gasteiger partial charge < -0.3 is 19.5 Å². The van der Waals surface area contributed by atoms with Crippen LogP contribution in [0.15, 0.2) is 42.5 Å². The summed E-state index contributed by atoms with van der Waals surface area (Å²) in [6.45, 7) is 13.8. The molecule has 8 heteroatoms. The van der Waals surface area contributed by atoms with Crippen LogP contribution in [0.1, 0.15) is 58.4 Å². The lowest BCUT2D eigenvalue weighted by Crippen LogP contribution is -2.37. The van der Waals surface area contributed by atoms with Gasteiger partial charge in [-0.15, -0.1) is 0 Å². The molecule has 0 saturated carbocycles. The van der Waals surface area contributed by atoms with Gasteiger partial charge in [-0.3, -0.25) is 4.90 Å². The molecule has 1 aromatic heterocycles. The van der Waals surface area contributed by atoms with Crippen LogP contribution in [0.25, 0.3) is 0 Å². The minimum absolute atomic E-state index is 0.191. The van der Waals surface area contributed by atoms with Crippen LogP contribution in [0.2, 0.25) is 0 Å². The Labute approximate surface area is 214 Å². The number of amides is 2. The molecular weight excluding hydrogens is 458 g/mol. The van der Waals surface area contributed by atoms with E-state index < -0.39 is 29.5 Å². The first-order valence-electron chi connectivity index (χ1n) is 12.4. The number of aliphatic hydroxyl groups excluding tert-OH is 1. The van der Waals surface area contributed by atoms with E-state index in [0.29, 0.717) is 25.3 Å². The van der Waals surface area contributed by atoms with E-state index in [1.165, 1.54) is 4.90 Å². The van der Waals surface area contributed by atoms with E-state index in [0.717, 1.165) is 16.8 Å². The summed E-state index contributed by atoms with van der Waals surface area (Å²) in [5.41, 5.74) is 1.37. The number of anilines is 1. The largest absolute Gasteiger partial charge is 0.444 e. The van der Waals surface area contributed by atoms with Crippen molar-refractivity contribution in [2.45, 2.75) is 78.7 Å². The first-order chi connectivity index (χ1) is 16.7. The Balaban J connectivity index is 1.82. The van der Waals surface area contributed by atoms with E-state index in [-0.39, 0.29) is 12.5 Å².